The third kappa shape index (κ3) is 3.47. The molecule has 1 saturated carbocycles. The number of aliphatic carboxylic acids is 1. The number of likely N-dealkylation sites (tertiary alicyclic amines) is 1. The Morgan fingerprint density at radius 1 is 1.36 bits per heavy atom. The average Bonchev–Trinajstić information content (AvgIpc) is 2.82. The monoisotopic (exact) mass is 391 g/mol. The Morgan fingerprint density at radius 2 is 2.09 bits per heavy atom. The number of halogens is 3. The standard InChI is InChI=1S/C16H19BrFNO2.ClH/c17-13-6-5-12(18)7-11(13)9-19-14-4-2-1-3-10(14)8-15(19)16(20)21;/h5-7,10,14-15H,1-4,8-9H2,(H,20,21);1H. The molecule has 1 aliphatic carbocycles. The second-order valence-electron chi connectivity index (χ2n) is 6.11. The molecule has 6 heteroatoms. The number of benzene rings is 1. The number of nitrogens with zero attached hydrogens (tertiary/aromatic N) is 1. The normalized spacial score (nSPS) is 28.0. The van der Waals surface area contributed by atoms with Gasteiger partial charge in [-0.3, -0.25) is 9.69 Å². The van der Waals surface area contributed by atoms with Crippen LogP contribution in [0, 0.1) is 11.7 Å². The van der Waals surface area contributed by atoms with E-state index in [4.69, 9.17) is 0 Å². The van der Waals surface area contributed by atoms with Gasteiger partial charge in [0.1, 0.15) is 11.9 Å². The Labute approximate surface area is 144 Å². The molecule has 1 heterocycles. The van der Waals surface area contributed by atoms with Crippen LogP contribution in [0.1, 0.15) is 37.7 Å². The molecule has 1 aliphatic heterocycles. The second kappa shape index (κ2) is 7.28. The van der Waals surface area contributed by atoms with Gasteiger partial charge >= 0.3 is 5.97 Å². The number of fused-ring (bicyclic) bond motifs is 1. The summed E-state index contributed by atoms with van der Waals surface area (Å²) in [5.74, 6) is -0.552. The van der Waals surface area contributed by atoms with Gasteiger partial charge in [0.2, 0.25) is 0 Å². The summed E-state index contributed by atoms with van der Waals surface area (Å²) in [7, 11) is 0. The Kier molecular flexibility index (Phi) is 5.86. The Balaban J connectivity index is 0.00000176. The number of hydrogen-bond acceptors (Lipinski definition) is 2. The van der Waals surface area contributed by atoms with E-state index in [-0.39, 0.29) is 18.2 Å². The maximum absolute atomic E-state index is 13.5. The van der Waals surface area contributed by atoms with E-state index in [0.29, 0.717) is 18.5 Å². The summed E-state index contributed by atoms with van der Waals surface area (Å²) in [4.78, 5) is 13.6. The molecular weight excluding hydrogens is 373 g/mol. The largest absolute Gasteiger partial charge is 0.480 e. The molecule has 3 unspecified atom stereocenters. The molecule has 3 rings (SSSR count). The van der Waals surface area contributed by atoms with Crippen LogP contribution in [0.3, 0.4) is 0 Å². The molecule has 1 aromatic rings. The van der Waals surface area contributed by atoms with Gasteiger partial charge in [0.25, 0.3) is 0 Å². The summed E-state index contributed by atoms with van der Waals surface area (Å²) >= 11 is 3.44. The minimum Gasteiger partial charge on any atom is -0.480 e. The highest BCUT2D eigenvalue weighted by atomic mass is 79.9. The Bertz CT molecular complexity index is 557. The van der Waals surface area contributed by atoms with Crippen molar-refractivity contribution in [2.24, 2.45) is 5.92 Å². The van der Waals surface area contributed by atoms with Crippen LogP contribution in [0.2, 0.25) is 0 Å². The van der Waals surface area contributed by atoms with E-state index in [2.05, 4.69) is 20.8 Å². The average molecular weight is 393 g/mol. The first-order valence-electron chi connectivity index (χ1n) is 7.48. The van der Waals surface area contributed by atoms with Crippen molar-refractivity contribution in [3.05, 3.63) is 34.1 Å². The van der Waals surface area contributed by atoms with E-state index in [9.17, 15) is 14.3 Å². The van der Waals surface area contributed by atoms with Crippen molar-refractivity contribution in [1.29, 1.82) is 0 Å². The smallest absolute Gasteiger partial charge is 0.320 e. The Hall–Kier alpha value is -0.650. The highest BCUT2D eigenvalue weighted by Gasteiger charge is 2.45. The quantitative estimate of drug-likeness (QED) is 0.837. The fourth-order valence-electron chi connectivity index (χ4n) is 3.88. The van der Waals surface area contributed by atoms with Crippen LogP contribution in [0.15, 0.2) is 22.7 Å². The van der Waals surface area contributed by atoms with Gasteiger partial charge in [-0.1, -0.05) is 28.8 Å². The first-order chi connectivity index (χ1) is 10.1. The molecule has 1 aromatic carbocycles. The van der Waals surface area contributed by atoms with E-state index in [1.807, 2.05) is 0 Å². The summed E-state index contributed by atoms with van der Waals surface area (Å²) in [6.07, 6.45) is 5.27. The zero-order valence-electron chi connectivity index (χ0n) is 12.2. The van der Waals surface area contributed by atoms with Gasteiger partial charge in [-0.2, -0.15) is 0 Å². The van der Waals surface area contributed by atoms with Crippen LogP contribution >= 0.6 is 28.3 Å². The highest BCUT2D eigenvalue weighted by Crippen LogP contribution is 2.41. The molecule has 1 N–H and O–H groups in total. The topological polar surface area (TPSA) is 40.5 Å². The van der Waals surface area contributed by atoms with Crippen LogP contribution in [-0.2, 0) is 11.3 Å². The summed E-state index contributed by atoms with van der Waals surface area (Å²) in [5.41, 5.74) is 0.826. The predicted octanol–water partition coefficient (Wildman–Crippen LogP) is 4.23. The number of carboxylic acids is 1. The van der Waals surface area contributed by atoms with Crippen molar-refractivity contribution >= 4 is 34.3 Å². The van der Waals surface area contributed by atoms with Crippen molar-refractivity contribution in [2.75, 3.05) is 0 Å². The summed E-state index contributed by atoms with van der Waals surface area (Å²) < 4.78 is 14.3. The zero-order valence-corrected chi connectivity index (χ0v) is 14.6. The van der Waals surface area contributed by atoms with Crippen LogP contribution in [0.5, 0.6) is 0 Å². The fourth-order valence-corrected chi connectivity index (χ4v) is 4.26. The summed E-state index contributed by atoms with van der Waals surface area (Å²) in [5, 5.41) is 9.51. The minimum atomic E-state index is -0.753. The van der Waals surface area contributed by atoms with Crippen molar-refractivity contribution in [3.8, 4) is 0 Å². The van der Waals surface area contributed by atoms with E-state index in [0.717, 1.165) is 35.7 Å². The lowest BCUT2D eigenvalue weighted by Gasteiger charge is -2.33. The van der Waals surface area contributed by atoms with E-state index in [1.165, 1.54) is 18.6 Å². The Morgan fingerprint density at radius 3 is 2.82 bits per heavy atom. The molecule has 22 heavy (non-hydrogen) atoms. The molecule has 2 aliphatic rings. The maximum atomic E-state index is 13.5. The van der Waals surface area contributed by atoms with Gasteiger partial charge in [-0.25, -0.2) is 4.39 Å². The van der Waals surface area contributed by atoms with Crippen molar-refractivity contribution in [1.82, 2.24) is 4.90 Å². The molecule has 1 saturated heterocycles. The van der Waals surface area contributed by atoms with Gasteiger partial charge in [0, 0.05) is 17.1 Å². The second-order valence-corrected chi connectivity index (χ2v) is 6.96. The number of hydrogen-bond donors (Lipinski definition) is 1. The van der Waals surface area contributed by atoms with Crippen LogP contribution in [-0.4, -0.2) is 28.1 Å². The molecule has 0 aromatic heterocycles. The van der Waals surface area contributed by atoms with Crippen LogP contribution in [0.25, 0.3) is 0 Å². The molecule has 0 bridgehead atoms. The lowest BCUT2D eigenvalue weighted by atomic mass is 9.84. The first kappa shape index (κ1) is 17.7. The number of rotatable bonds is 3. The zero-order chi connectivity index (χ0) is 15.0. The first-order valence-corrected chi connectivity index (χ1v) is 8.28. The fraction of sp³-hybridized carbons (Fsp3) is 0.562. The lowest BCUT2D eigenvalue weighted by Crippen LogP contribution is -2.41. The summed E-state index contributed by atoms with van der Waals surface area (Å²) in [6, 6.07) is 4.49. The van der Waals surface area contributed by atoms with E-state index in [1.54, 1.807) is 6.07 Å². The molecule has 0 amide bonds. The third-order valence-electron chi connectivity index (χ3n) is 4.87. The van der Waals surface area contributed by atoms with Gasteiger partial charge < -0.3 is 5.11 Å². The number of carbonyl (C=O) groups is 1. The van der Waals surface area contributed by atoms with Crippen LogP contribution in [0.4, 0.5) is 4.39 Å². The van der Waals surface area contributed by atoms with Gasteiger partial charge in [0.15, 0.2) is 0 Å². The predicted molar refractivity (Wildman–Crippen MR) is 88.7 cm³/mol. The molecule has 3 atom stereocenters. The van der Waals surface area contributed by atoms with Crippen molar-refractivity contribution in [2.45, 2.75) is 50.7 Å². The van der Waals surface area contributed by atoms with E-state index < -0.39 is 12.0 Å². The lowest BCUT2D eigenvalue weighted by molar-refractivity contribution is -0.142. The molecule has 0 spiro atoms. The van der Waals surface area contributed by atoms with Crippen molar-refractivity contribution in [3.63, 3.8) is 0 Å². The molecule has 2 fully saturated rings. The highest BCUT2D eigenvalue weighted by molar-refractivity contribution is 9.10. The van der Waals surface area contributed by atoms with Gasteiger partial charge in [-0.15, -0.1) is 12.4 Å². The SMILES string of the molecule is Cl.O=C(O)C1CC2CCCCC2N1Cc1cc(F)ccc1Br. The number of carboxylic acid groups (broad SMARTS) is 1. The third-order valence-corrected chi connectivity index (χ3v) is 5.64. The summed E-state index contributed by atoms with van der Waals surface area (Å²) in [6.45, 7) is 0.497. The molecular formula is C16H20BrClFNO2. The van der Waals surface area contributed by atoms with Gasteiger partial charge in [0.05, 0.1) is 0 Å². The molecule has 0 radical (unpaired) electrons. The minimum absolute atomic E-state index is 0. The van der Waals surface area contributed by atoms with Gasteiger partial charge in [-0.05, 0) is 48.9 Å². The molecule has 122 valence electrons. The van der Waals surface area contributed by atoms with Crippen LogP contribution < -0.4 is 0 Å². The molecule has 3 nitrogen and oxygen atoms in total. The maximum Gasteiger partial charge on any atom is 0.320 e. The van der Waals surface area contributed by atoms with E-state index >= 15 is 0 Å². The van der Waals surface area contributed by atoms with Crippen molar-refractivity contribution < 1.29 is 14.3 Å².